The molecule has 1 atom stereocenters. The second-order valence-electron chi connectivity index (χ2n) is 6.25. The van der Waals surface area contributed by atoms with Gasteiger partial charge in [0.05, 0.1) is 28.9 Å². The van der Waals surface area contributed by atoms with E-state index in [0.29, 0.717) is 27.9 Å². The van der Waals surface area contributed by atoms with Crippen LogP contribution in [0.2, 0.25) is 10.0 Å². The first-order valence-corrected chi connectivity index (χ1v) is 9.15. The van der Waals surface area contributed by atoms with E-state index in [2.05, 4.69) is 4.99 Å². The lowest BCUT2D eigenvalue weighted by atomic mass is 10.1. The summed E-state index contributed by atoms with van der Waals surface area (Å²) in [5.74, 6) is -0.249. The number of rotatable bonds is 4. The Balaban J connectivity index is 2.07. The van der Waals surface area contributed by atoms with Crippen LogP contribution in [0.1, 0.15) is 29.5 Å². The van der Waals surface area contributed by atoms with Crippen molar-refractivity contribution in [2.45, 2.75) is 32.4 Å². The molecule has 27 heavy (non-hydrogen) atoms. The second kappa shape index (κ2) is 8.13. The monoisotopic (exact) mass is 405 g/mol. The molecule has 1 saturated heterocycles. The number of benzene rings is 1. The normalized spacial score (nSPS) is 16.7. The number of hydrogen-bond acceptors (Lipinski definition) is 5. The van der Waals surface area contributed by atoms with Crippen LogP contribution < -0.4 is 5.56 Å². The summed E-state index contributed by atoms with van der Waals surface area (Å²) in [4.78, 5) is 16.9. The third-order valence-electron chi connectivity index (χ3n) is 4.50. The average Bonchev–Trinajstić information content (AvgIpc) is 3.14. The van der Waals surface area contributed by atoms with Crippen molar-refractivity contribution in [3.63, 3.8) is 0 Å². The number of nitrogens with zero attached hydrogens (tertiary/aromatic N) is 3. The Hall–Kier alpha value is -2.33. The highest BCUT2D eigenvalue weighted by Crippen LogP contribution is 2.29. The van der Waals surface area contributed by atoms with Crippen molar-refractivity contribution >= 4 is 35.1 Å². The summed E-state index contributed by atoms with van der Waals surface area (Å²) in [7, 11) is 0. The van der Waals surface area contributed by atoms with Gasteiger partial charge in [-0.05, 0) is 43.5 Å². The maximum Gasteiger partial charge on any atom is 0.271 e. The topological polar surface area (TPSA) is 87.6 Å². The van der Waals surface area contributed by atoms with E-state index < -0.39 is 5.56 Å². The summed E-state index contributed by atoms with van der Waals surface area (Å²) in [5.41, 5.74) is 0.530. The fourth-order valence-electron chi connectivity index (χ4n) is 3.01. The summed E-state index contributed by atoms with van der Waals surface area (Å²) in [6.07, 6.45) is 2.93. The molecular weight excluding hydrogens is 389 g/mol. The fourth-order valence-corrected chi connectivity index (χ4v) is 3.46. The number of ether oxygens (including phenoxy) is 1. The lowest BCUT2D eigenvalue weighted by Gasteiger charge is -2.17. The molecule has 1 fully saturated rings. The van der Waals surface area contributed by atoms with Crippen LogP contribution in [0.3, 0.4) is 0 Å². The molecule has 1 N–H and O–H groups in total. The number of aromatic nitrogens is 1. The van der Waals surface area contributed by atoms with Gasteiger partial charge >= 0.3 is 0 Å². The Kier molecular flexibility index (Phi) is 5.85. The first kappa shape index (κ1) is 19.4. The van der Waals surface area contributed by atoms with E-state index in [0.717, 1.165) is 12.8 Å². The predicted octanol–water partition coefficient (Wildman–Crippen LogP) is 3.97. The third-order valence-corrected chi connectivity index (χ3v) is 5.04. The van der Waals surface area contributed by atoms with E-state index in [1.807, 2.05) is 6.07 Å². The number of aliphatic imine (C=N–C) groups is 1. The van der Waals surface area contributed by atoms with Crippen LogP contribution in [0.4, 0.5) is 5.69 Å². The molecule has 3 rings (SSSR count). The molecule has 8 heteroatoms. The van der Waals surface area contributed by atoms with Crippen molar-refractivity contribution in [2.24, 2.45) is 4.99 Å². The lowest BCUT2D eigenvalue weighted by Crippen LogP contribution is -2.29. The summed E-state index contributed by atoms with van der Waals surface area (Å²) >= 11 is 12.0. The van der Waals surface area contributed by atoms with Crippen molar-refractivity contribution in [3.05, 3.63) is 55.3 Å². The molecule has 0 bridgehead atoms. The SMILES string of the molecule is Cc1c(C=Nc2ccc(Cl)cc2Cl)c(O)n(C[C@H]2CCCO2)c(=O)c1C#N. The van der Waals surface area contributed by atoms with Gasteiger partial charge in [-0.15, -0.1) is 0 Å². The quantitative estimate of drug-likeness (QED) is 0.779. The van der Waals surface area contributed by atoms with E-state index in [1.54, 1.807) is 25.1 Å². The van der Waals surface area contributed by atoms with Gasteiger partial charge in [0, 0.05) is 17.8 Å². The minimum atomic E-state index is -0.537. The van der Waals surface area contributed by atoms with Crippen LogP contribution >= 0.6 is 23.2 Å². The zero-order valence-electron chi connectivity index (χ0n) is 14.6. The molecular formula is C19H17Cl2N3O3. The highest BCUT2D eigenvalue weighted by Gasteiger charge is 2.23. The molecule has 1 aromatic heterocycles. The van der Waals surface area contributed by atoms with Crippen molar-refractivity contribution < 1.29 is 9.84 Å². The van der Waals surface area contributed by atoms with Gasteiger partial charge < -0.3 is 9.84 Å². The molecule has 0 unspecified atom stereocenters. The van der Waals surface area contributed by atoms with Crippen LogP contribution in [-0.2, 0) is 11.3 Å². The van der Waals surface area contributed by atoms with Gasteiger partial charge in [0.2, 0.25) is 5.88 Å². The molecule has 2 heterocycles. The molecule has 0 radical (unpaired) electrons. The second-order valence-corrected chi connectivity index (χ2v) is 7.10. The first-order chi connectivity index (χ1) is 12.9. The predicted molar refractivity (Wildman–Crippen MR) is 105 cm³/mol. The number of hydrogen-bond donors (Lipinski definition) is 1. The molecule has 140 valence electrons. The molecule has 0 aliphatic carbocycles. The van der Waals surface area contributed by atoms with Gasteiger partial charge in [-0.3, -0.25) is 14.4 Å². The largest absolute Gasteiger partial charge is 0.494 e. The van der Waals surface area contributed by atoms with E-state index in [1.165, 1.54) is 10.8 Å². The van der Waals surface area contributed by atoms with Gasteiger partial charge in [0.15, 0.2) is 0 Å². The molecule has 0 spiro atoms. The average molecular weight is 406 g/mol. The number of pyridine rings is 1. The Morgan fingerprint density at radius 3 is 2.89 bits per heavy atom. The van der Waals surface area contributed by atoms with E-state index in [4.69, 9.17) is 27.9 Å². The fraction of sp³-hybridized carbons (Fsp3) is 0.316. The molecule has 1 aliphatic rings. The van der Waals surface area contributed by atoms with Crippen LogP contribution in [-0.4, -0.2) is 28.6 Å². The van der Waals surface area contributed by atoms with Crippen LogP contribution in [0.15, 0.2) is 28.0 Å². The third kappa shape index (κ3) is 4.01. The van der Waals surface area contributed by atoms with Crippen molar-refractivity contribution in [2.75, 3.05) is 6.61 Å². The molecule has 1 aliphatic heterocycles. The summed E-state index contributed by atoms with van der Waals surface area (Å²) in [6.45, 7) is 2.41. The van der Waals surface area contributed by atoms with Crippen LogP contribution in [0.5, 0.6) is 5.88 Å². The van der Waals surface area contributed by atoms with Gasteiger partial charge in [-0.2, -0.15) is 5.26 Å². The molecule has 6 nitrogen and oxygen atoms in total. The number of nitriles is 1. The van der Waals surface area contributed by atoms with E-state index >= 15 is 0 Å². The Labute approximate surface area is 166 Å². The Morgan fingerprint density at radius 2 is 2.26 bits per heavy atom. The Bertz CT molecular complexity index is 1000. The van der Waals surface area contributed by atoms with Gasteiger partial charge in [0.1, 0.15) is 11.6 Å². The van der Waals surface area contributed by atoms with Crippen molar-refractivity contribution in [3.8, 4) is 11.9 Å². The highest BCUT2D eigenvalue weighted by molar-refractivity contribution is 6.36. The zero-order chi connectivity index (χ0) is 19.6. The highest BCUT2D eigenvalue weighted by atomic mass is 35.5. The minimum Gasteiger partial charge on any atom is -0.494 e. The summed E-state index contributed by atoms with van der Waals surface area (Å²) in [6, 6.07) is 6.76. The maximum absolute atomic E-state index is 12.6. The Morgan fingerprint density at radius 1 is 1.48 bits per heavy atom. The first-order valence-electron chi connectivity index (χ1n) is 8.39. The number of halogens is 2. The number of aromatic hydroxyl groups is 1. The smallest absolute Gasteiger partial charge is 0.271 e. The van der Waals surface area contributed by atoms with E-state index in [-0.39, 0.29) is 29.7 Å². The van der Waals surface area contributed by atoms with Gasteiger partial charge in [-0.25, -0.2) is 0 Å². The summed E-state index contributed by atoms with van der Waals surface area (Å²) < 4.78 is 6.72. The molecule has 0 saturated carbocycles. The summed E-state index contributed by atoms with van der Waals surface area (Å²) in [5, 5.41) is 20.9. The molecule has 1 aromatic carbocycles. The standard InChI is InChI=1S/C19H17Cl2N3O3/c1-11-14(8-22)18(25)24(10-13-3-2-6-27-13)19(26)15(11)9-23-17-5-4-12(20)7-16(17)21/h4-5,7,9,13,26H,2-3,6,10H2,1H3/t13-/m1/s1. The van der Waals surface area contributed by atoms with Crippen LogP contribution in [0, 0.1) is 18.3 Å². The lowest BCUT2D eigenvalue weighted by molar-refractivity contribution is 0.0938. The van der Waals surface area contributed by atoms with Gasteiger partial charge in [-0.1, -0.05) is 23.2 Å². The minimum absolute atomic E-state index is 0.0329. The zero-order valence-corrected chi connectivity index (χ0v) is 16.1. The molecule has 0 amide bonds. The molecule has 2 aromatic rings. The van der Waals surface area contributed by atoms with Crippen molar-refractivity contribution in [1.29, 1.82) is 5.26 Å². The van der Waals surface area contributed by atoms with E-state index in [9.17, 15) is 15.2 Å². The van der Waals surface area contributed by atoms with Crippen molar-refractivity contribution in [1.82, 2.24) is 4.57 Å². The maximum atomic E-state index is 12.6. The van der Waals surface area contributed by atoms with Crippen LogP contribution in [0.25, 0.3) is 0 Å². The van der Waals surface area contributed by atoms with Gasteiger partial charge in [0.25, 0.3) is 5.56 Å².